The van der Waals surface area contributed by atoms with Gasteiger partial charge in [-0.15, -0.1) is 0 Å². The second-order valence-corrected chi connectivity index (χ2v) is 4.46. The molecule has 0 saturated heterocycles. The molecular formula is C17H16N2. The standard InChI is InChI=1S/C17H16N2/c1-2-15-13-18-17(14-9-5-3-6-10-14)19(15)16-11-7-4-8-12-16/h3-13H,2H2,1H3. The molecule has 0 aliphatic heterocycles. The van der Waals surface area contributed by atoms with E-state index >= 15 is 0 Å². The molecule has 3 aromatic rings. The molecule has 1 aromatic heterocycles. The van der Waals surface area contributed by atoms with Crippen LogP contribution in [0.3, 0.4) is 0 Å². The Morgan fingerprint density at radius 1 is 0.895 bits per heavy atom. The molecule has 0 radical (unpaired) electrons. The van der Waals surface area contributed by atoms with Crippen LogP contribution in [0.1, 0.15) is 12.6 Å². The van der Waals surface area contributed by atoms with Gasteiger partial charge in [0.2, 0.25) is 0 Å². The van der Waals surface area contributed by atoms with E-state index in [1.54, 1.807) is 0 Å². The molecule has 2 nitrogen and oxygen atoms in total. The lowest BCUT2D eigenvalue weighted by Gasteiger charge is -2.11. The van der Waals surface area contributed by atoms with Crippen LogP contribution in [0.5, 0.6) is 0 Å². The van der Waals surface area contributed by atoms with E-state index < -0.39 is 0 Å². The summed E-state index contributed by atoms with van der Waals surface area (Å²) < 4.78 is 2.23. The summed E-state index contributed by atoms with van der Waals surface area (Å²) >= 11 is 0. The Balaban J connectivity index is 2.20. The Kier molecular flexibility index (Phi) is 3.15. The maximum absolute atomic E-state index is 4.60. The summed E-state index contributed by atoms with van der Waals surface area (Å²) in [5.74, 6) is 1.00. The van der Waals surface area contributed by atoms with Gasteiger partial charge in [0, 0.05) is 23.1 Å². The lowest BCUT2D eigenvalue weighted by atomic mass is 10.2. The number of hydrogen-bond donors (Lipinski definition) is 0. The predicted molar refractivity (Wildman–Crippen MR) is 78.4 cm³/mol. The molecular weight excluding hydrogens is 232 g/mol. The summed E-state index contributed by atoms with van der Waals surface area (Å²) in [6, 6.07) is 20.7. The van der Waals surface area contributed by atoms with Crippen molar-refractivity contribution in [2.75, 3.05) is 0 Å². The molecule has 2 heteroatoms. The molecule has 0 saturated carbocycles. The van der Waals surface area contributed by atoms with Gasteiger partial charge in [-0.1, -0.05) is 55.5 Å². The van der Waals surface area contributed by atoms with Crippen molar-refractivity contribution in [2.24, 2.45) is 0 Å². The van der Waals surface area contributed by atoms with Crippen molar-refractivity contribution in [2.45, 2.75) is 13.3 Å². The Morgan fingerprint density at radius 2 is 1.53 bits per heavy atom. The van der Waals surface area contributed by atoms with Crippen molar-refractivity contribution in [1.82, 2.24) is 9.55 Å². The van der Waals surface area contributed by atoms with Gasteiger partial charge in [-0.05, 0) is 18.6 Å². The largest absolute Gasteiger partial charge is 0.297 e. The molecule has 94 valence electrons. The van der Waals surface area contributed by atoms with E-state index in [2.05, 4.69) is 52.9 Å². The van der Waals surface area contributed by atoms with Crippen LogP contribution in [0.4, 0.5) is 0 Å². The summed E-state index contributed by atoms with van der Waals surface area (Å²) in [4.78, 5) is 4.60. The summed E-state index contributed by atoms with van der Waals surface area (Å²) in [5.41, 5.74) is 3.53. The van der Waals surface area contributed by atoms with Crippen LogP contribution < -0.4 is 0 Å². The first kappa shape index (κ1) is 11.7. The van der Waals surface area contributed by atoms with E-state index in [1.165, 1.54) is 5.69 Å². The third-order valence-electron chi connectivity index (χ3n) is 3.24. The Morgan fingerprint density at radius 3 is 2.16 bits per heavy atom. The Hall–Kier alpha value is -2.35. The third-order valence-corrected chi connectivity index (χ3v) is 3.24. The van der Waals surface area contributed by atoms with Gasteiger partial charge in [-0.25, -0.2) is 4.98 Å². The van der Waals surface area contributed by atoms with Gasteiger partial charge < -0.3 is 0 Å². The second-order valence-electron chi connectivity index (χ2n) is 4.46. The molecule has 0 aliphatic carbocycles. The molecule has 1 heterocycles. The molecule has 0 spiro atoms. The van der Waals surface area contributed by atoms with Crippen molar-refractivity contribution in [3.05, 3.63) is 72.6 Å². The number of rotatable bonds is 3. The lowest BCUT2D eigenvalue weighted by molar-refractivity contribution is 0.941. The van der Waals surface area contributed by atoms with E-state index in [0.717, 1.165) is 23.5 Å². The maximum atomic E-state index is 4.60. The molecule has 0 aliphatic rings. The van der Waals surface area contributed by atoms with Crippen molar-refractivity contribution >= 4 is 0 Å². The minimum Gasteiger partial charge on any atom is -0.297 e. The van der Waals surface area contributed by atoms with Gasteiger partial charge in [0.1, 0.15) is 5.82 Å². The van der Waals surface area contributed by atoms with Gasteiger partial charge in [0.25, 0.3) is 0 Å². The van der Waals surface area contributed by atoms with Crippen LogP contribution in [0.25, 0.3) is 17.1 Å². The fraction of sp³-hybridized carbons (Fsp3) is 0.118. The van der Waals surface area contributed by atoms with Gasteiger partial charge in [0.05, 0.1) is 0 Å². The summed E-state index contributed by atoms with van der Waals surface area (Å²) in [6.07, 6.45) is 2.93. The first-order valence-corrected chi connectivity index (χ1v) is 6.57. The minimum atomic E-state index is 0.967. The molecule has 0 unspecified atom stereocenters. The predicted octanol–water partition coefficient (Wildman–Crippen LogP) is 4.10. The quantitative estimate of drug-likeness (QED) is 0.682. The fourth-order valence-corrected chi connectivity index (χ4v) is 2.29. The van der Waals surface area contributed by atoms with Crippen LogP contribution in [0, 0.1) is 0 Å². The first-order valence-electron chi connectivity index (χ1n) is 6.57. The zero-order valence-corrected chi connectivity index (χ0v) is 11.0. The number of para-hydroxylation sites is 1. The average Bonchev–Trinajstić information content (AvgIpc) is 2.93. The minimum absolute atomic E-state index is 0.967. The number of aryl methyl sites for hydroxylation is 1. The van der Waals surface area contributed by atoms with Crippen molar-refractivity contribution in [3.63, 3.8) is 0 Å². The van der Waals surface area contributed by atoms with Crippen LogP contribution in [0.2, 0.25) is 0 Å². The van der Waals surface area contributed by atoms with Gasteiger partial charge in [0.15, 0.2) is 0 Å². The number of nitrogens with zero attached hydrogens (tertiary/aromatic N) is 2. The van der Waals surface area contributed by atoms with Crippen LogP contribution in [-0.4, -0.2) is 9.55 Å². The van der Waals surface area contributed by atoms with Crippen LogP contribution in [0.15, 0.2) is 66.9 Å². The smallest absolute Gasteiger partial charge is 0.144 e. The third kappa shape index (κ3) is 2.17. The van der Waals surface area contributed by atoms with Crippen molar-refractivity contribution < 1.29 is 0 Å². The molecule has 0 atom stereocenters. The van der Waals surface area contributed by atoms with Gasteiger partial charge in [-0.3, -0.25) is 4.57 Å². The lowest BCUT2D eigenvalue weighted by Crippen LogP contribution is -2.01. The monoisotopic (exact) mass is 248 g/mol. The van der Waals surface area contributed by atoms with E-state index in [1.807, 2.05) is 30.5 Å². The Labute approximate surface area is 113 Å². The highest BCUT2D eigenvalue weighted by Gasteiger charge is 2.11. The molecule has 0 amide bonds. The number of hydrogen-bond acceptors (Lipinski definition) is 1. The van der Waals surface area contributed by atoms with Crippen LogP contribution in [-0.2, 0) is 6.42 Å². The molecule has 19 heavy (non-hydrogen) atoms. The van der Waals surface area contributed by atoms with Crippen molar-refractivity contribution in [3.8, 4) is 17.1 Å². The second kappa shape index (κ2) is 5.11. The van der Waals surface area contributed by atoms with E-state index in [4.69, 9.17) is 0 Å². The first-order chi connectivity index (χ1) is 9.40. The molecule has 0 bridgehead atoms. The highest BCUT2D eigenvalue weighted by Crippen LogP contribution is 2.24. The number of benzene rings is 2. The SMILES string of the molecule is CCc1cnc(-c2ccccc2)n1-c1ccccc1. The highest BCUT2D eigenvalue weighted by molar-refractivity contribution is 5.59. The summed E-state index contributed by atoms with van der Waals surface area (Å²) in [7, 11) is 0. The molecule has 3 rings (SSSR count). The molecule has 0 N–H and O–H groups in total. The fourth-order valence-electron chi connectivity index (χ4n) is 2.29. The Bertz CT molecular complexity index is 654. The van der Waals surface area contributed by atoms with Crippen molar-refractivity contribution in [1.29, 1.82) is 0 Å². The number of imidazole rings is 1. The summed E-state index contributed by atoms with van der Waals surface area (Å²) in [5, 5.41) is 0. The summed E-state index contributed by atoms with van der Waals surface area (Å²) in [6.45, 7) is 2.16. The maximum Gasteiger partial charge on any atom is 0.144 e. The normalized spacial score (nSPS) is 10.6. The highest BCUT2D eigenvalue weighted by atomic mass is 15.1. The van der Waals surface area contributed by atoms with Gasteiger partial charge >= 0.3 is 0 Å². The van der Waals surface area contributed by atoms with E-state index in [9.17, 15) is 0 Å². The molecule has 0 fully saturated rings. The zero-order chi connectivity index (χ0) is 13.1. The van der Waals surface area contributed by atoms with E-state index in [0.29, 0.717) is 0 Å². The molecule has 2 aromatic carbocycles. The average molecular weight is 248 g/mol. The number of aromatic nitrogens is 2. The van der Waals surface area contributed by atoms with Gasteiger partial charge in [-0.2, -0.15) is 0 Å². The van der Waals surface area contributed by atoms with Crippen LogP contribution >= 0.6 is 0 Å². The van der Waals surface area contributed by atoms with E-state index in [-0.39, 0.29) is 0 Å². The zero-order valence-electron chi connectivity index (χ0n) is 11.0. The topological polar surface area (TPSA) is 17.8 Å².